The normalized spacial score (nSPS) is 47.0. The molecule has 5 unspecified atom stereocenters. The molecule has 4 rings (SSSR count). The van der Waals surface area contributed by atoms with E-state index in [2.05, 4.69) is 50.5 Å². The molecule has 0 N–H and O–H groups in total. The summed E-state index contributed by atoms with van der Waals surface area (Å²) < 4.78 is 0. The summed E-state index contributed by atoms with van der Waals surface area (Å²) in [5, 5.41) is 0. The van der Waals surface area contributed by atoms with E-state index in [9.17, 15) is 4.79 Å². The molecule has 3 heterocycles. The molecule has 1 saturated carbocycles. The lowest BCUT2D eigenvalue weighted by atomic mass is 9.61. The monoisotopic (exact) mass is 302 g/mol. The van der Waals surface area contributed by atoms with Crippen LogP contribution in [0.3, 0.4) is 0 Å². The summed E-state index contributed by atoms with van der Waals surface area (Å²) in [6, 6.07) is 0. The molecule has 3 heteroatoms. The maximum absolute atomic E-state index is 12.7. The van der Waals surface area contributed by atoms with Crippen LogP contribution in [0.25, 0.3) is 0 Å². The zero-order valence-corrected chi connectivity index (χ0v) is 14.8. The first-order valence-corrected chi connectivity index (χ1v) is 8.96. The van der Waals surface area contributed by atoms with Crippen molar-refractivity contribution in [1.82, 2.24) is 9.80 Å². The number of carbonyl (C=O) groups is 1. The molecular weight excluding hydrogens is 272 g/mol. The maximum atomic E-state index is 12.7. The molecular formula is C19H30N2O. The number of rotatable bonds is 5. The fourth-order valence-corrected chi connectivity index (χ4v) is 6.09. The fraction of sp³-hybridized carbons (Fsp3) is 0.842. The second-order valence-electron chi connectivity index (χ2n) is 9.15. The van der Waals surface area contributed by atoms with E-state index >= 15 is 0 Å². The zero-order valence-electron chi connectivity index (χ0n) is 14.8. The van der Waals surface area contributed by atoms with Crippen molar-refractivity contribution in [3.8, 4) is 0 Å². The second-order valence-corrected chi connectivity index (χ2v) is 9.15. The molecule has 122 valence electrons. The highest BCUT2D eigenvalue weighted by molar-refractivity contribution is 5.97. The van der Waals surface area contributed by atoms with Crippen LogP contribution in [0, 0.1) is 16.7 Å². The van der Waals surface area contributed by atoms with Crippen molar-refractivity contribution in [2.75, 3.05) is 13.1 Å². The SMILES string of the molecule is CC(C)=CCCC(C)CC1N2CC3(C)CC24N1CC4(C)C3=O. The quantitative estimate of drug-likeness (QED) is 0.727. The molecule has 1 aliphatic carbocycles. The summed E-state index contributed by atoms with van der Waals surface area (Å²) in [4.78, 5) is 18.1. The topological polar surface area (TPSA) is 23.6 Å². The highest BCUT2D eigenvalue weighted by Crippen LogP contribution is 2.74. The number of Topliss-reactive ketones (excluding diaryl/α,β-unsaturated/α-hetero) is 1. The van der Waals surface area contributed by atoms with E-state index in [4.69, 9.17) is 0 Å². The lowest BCUT2D eigenvalue weighted by Crippen LogP contribution is -2.93. The number of piperidine rings is 1. The fourth-order valence-electron chi connectivity index (χ4n) is 6.09. The average Bonchev–Trinajstić information content (AvgIpc) is 2.82. The van der Waals surface area contributed by atoms with E-state index in [1.807, 2.05) is 0 Å². The predicted octanol–water partition coefficient (Wildman–Crippen LogP) is 3.41. The Labute approximate surface area is 134 Å². The van der Waals surface area contributed by atoms with Gasteiger partial charge in [-0.15, -0.1) is 0 Å². The minimum Gasteiger partial charge on any atom is -0.298 e. The van der Waals surface area contributed by atoms with Gasteiger partial charge in [0.15, 0.2) is 5.78 Å². The van der Waals surface area contributed by atoms with Crippen LogP contribution < -0.4 is 0 Å². The number of allylic oxidation sites excluding steroid dienone is 2. The van der Waals surface area contributed by atoms with Gasteiger partial charge in [-0.1, -0.05) is 25.5 Å². The van der Waals surface area contributed by atoms with E-state index in [0.717, 1.165) is 25.4 Å². The van der Waals surface area contributed by atoms with Gasteiger partial charge >= 0.3 is 0 Å². The summed E-state index contributed by atoms with van der Waals surface area (Å²) in [5.74, 6) is 1.30. The van der Waals surface area contributed by atoms with Crippen molar-refractivity contribution < 1.29 is 4.79 Å². The standard InChI is InChI=1S/C19H30N2O/c1-13(2)7-6-8-14(3)9-15-20-11-17(4)10-19(20)18(5,16(17)22)12-21(15)19/h7,14-15H,6,8-12H2,1-5H3. The summed E-state index contributed by atoms with van der Waals surface area (Å²) in [6.07, 6.45) is 7.79. The first-order chi connectivity index (χ1) is 10.2. The molecule has 22 heavy (non-hydrogen) atoms. The van der Waals surface area contributed by atoms with E-state index in [1.165, 1.54) is 24.8 Å². The lowest BCUT2D eigenvalue weighted by Gasteiger charge is -2.78. The van der Waals surface area contributed by atoms with Gasteiger partial charge in [0.05, 0.1) is 17.2 Å². The first-order valence-electron chi connectivity index (χ1n) is 8.96. The van der Waals surface area contributed by atoms with E-state index < -0.39 is 0 Å². The zero-order chi connectivity index (χ0) is 15.9. The Hall–Kier alpha value is -0.670. The number of hydrogen-bond donors (Lipinski definition) is 0. The molecule has 0 aromatic carbocycles. The van der Waals surface area contributed by atoms with E-state index in [0.29, 0.717) is 11.9 Å². The molecule has 1 spiro atoms. The molecule has 4 aliphatic rings. The van der Waals surface area contributed by atoms with Gasteiger partial charge in [0, 0.05) is 18.5 Å². The maximum Gasteiger partial charge on any atom is 0.150 e. The van der Waals surface area contributed by atoms with Crippen LogP contribution >= 0.6 is 0 Å². The molecule has 0 amide bonds. The van der Waals surface area contributed by atoms with E-state index in [-0.39, 0.29) is 16.5 Å². The highest BCUT2D eigenvalue weighted by atomic mass is 16.1. The highest BCUT2D eigenvalue weighted by Gasteiger charge is 2.87. The lowest BCUT2D eigenvalue weighted by molar-refractivity contribution is -0.350. The van der Waals surface area contributed by atoms with Crippen molar-refractivity contribution in [3.05, 3.63) is 11.6 Å². The Morgan fingerprint density at radius 1 is 1.32 bits per heavy atom. The van der Waals surface area contributed by atoms with Gasteiger partial charge in [0.2, 0.25) is 0 Å². The van der Waals surface area contributed by atoms with Crippen molar-refractivity contribution in [2.45, 2.75) is 72.1 Å². The van der Waals surface area contributed by atoms with Gasteiger partial charge in [-0.05, 0) is 52.4 Å². The number of hydrogen-bond acceptors (Lipinski definition) is 3. The first kappa shape index (κ1) is 14.9. The summed E-state index contributed by atoms with van der Waals surface area (Å²) in [6.45, 7) is 13.2. The third-order valence-corrected chi connectivity index (χ3v) is 7.07. The van der Waals surface area contributed by atoms with Crippen LogP contribution in [0.2, 0.25) is 0 Å². The third-order valence-electron chi connectivity index (χ3n) is 7.07. The van der Waals surface area contributed by atoms with Crippen LogP contribution in [0.1, 0.15) is 60.3 Å². The molecule has 0 radical (unpaired) electrons. The minimum atomic E-state index is -0.0677. The van der Waals surface area contributed by atoms with Gasteiger partial charge in [-0.25, -0.2) is 0 Å². The number of ketones is 1. The van der Waals surface area contributed by atoms with Gasteiger partial charge in [-0.3, -0.25) is 14.6 Å². The van der Waals surface area contributed by atoms with Crippen LogP contribution in [0.15, 0.2) is 11.6 Å². The largest absolute Gasteiger partial charge is 0.298 e. The molecule has 3 aliphatic heterocycles. The van der Waals surface area contributed by atoms with Crippen LogP contribution in [-0.2, 0) is 4.79 Å². The van der Waals surface area contributed by atoms with E-state index in [1.54, 1.807) is 0 Å². The number of fused-ring (bicyclic) bond motifs is 1. The Bertz CT molecular complexity index is 566. The van der Waals surface area contributed by atoms with Crippen molar-refractivity contribution in [1.29, 1.82) is 0 Å². The van der Waals surface area contributed by atoms with Crippen LogP contribution in [-0.4, -0.2) is 40.5 Å². The minimum absolute atomic E-state index is 0.0659. The molecule has 0 aromatic heterocycles. The Kier molecular flexibility index (Phi) is 2.87. The van der Waals surface area contributed by atoms with Crippen LogP contribution in [0.5, 0.6) is 0 Å². The van der Waals surface area contributed by atoms with Crippen molar-refractivity contribution in [2.24, 2.45) is 16.7 Å². The molecule has 4 fully saturated rings. The summed E-state index contributed by atoms with van der Waals surface area (Å²) >= 11 is 0. The average molecular weight is 302 g/mol. The number of carbonyl (C=O) groups excluding carboxylic acids is 1. The molecule has 3 nitrogen and oxygen atoms in total. The van der Waals surface area contributed by atoms with Gasteiger partial charge < -0.3 is 0 Å². The predicted molar refractivity (Wildman–Crippen MR) is 88.2 cm³/mol. The van der Waals surface area contributed by atoms with Crippen molar-refractivity contribution in [3.63, 3.8) is 0 Å². The number of nitrogens with zero attached hydrogens (tertiary/aromatic N) is 2. The Morgan fingerprint density at radius 2 is 2.00 bits per heavy atom. The molecule has 0 aromatic rings. The third kappa shape index (κ3) is 1.48. The Balaban J connectivity index is 1.43. The second kappa shape index (κ2) is 4.24. The Morgan fingerprint density at radius 3 is 2.64 bits per heavy atom. The summed E-state index contributed by atoms with van der Waals surface area (Å²) in [5.41, 5.74) is 1.42. The molecule has 3 saturated heterocycles. The van der Waals surface area contributed by atoms with Crippen molar-refractivity contribution >= 4 is 5.78 Å². The van der Waals surface area contributed by atoms with Gasteiger partial charge in [0.25, 0.3) is 0 Å². The smallest absolute Gasteiger partial charge is 0.150 e. The molecule has 2 bridgehead atoms. The summed E-state index contributed by atoms with van der Waals surface area (Å²) in [7, 11) is 0. The molecule has 5 atom stereocenters. The van der Waals surface area contributed by atoms with Crippen LogP contribution in [0.4, 0.5) is 0 Å². The van der Waals surface area contributed by atoms with Gasteiger partial charge in [0.1, 0.15) is 0 Å². The van der Waals surface area contributed by atoms with Gasteiger partial charge in [-0.2, -0.15) is 0 Å².